The molecule has 2 aromatic rings. The van der Waals surface area contributed by atoms with E-state index < -0.39 is 11.9 Å². The molecular formula is C25H34FN3O5. The van der Waals surface area contributed by atoms with E-state index in [-0.39, 0.29) is 23.2 Å². The molecular weight excluding hydrogens is 441 g/mol. The van der Waals surface area contributed by atoms with Gasteiger partial charge < -0.3 is 25.0 Å². The highest BCUT2D eigenvalue weighted by molar-refractivity contribution is 6.27. The zero-order valence-electron chi connectivity index (χ0n) is 20.4. The fourth-order valence-corrected chi connectivity index (χ4v) is 3.99. The van der Waals surface area contributed by atoms with E-state index in [1.54, 1.807) is 0 Å². The lowest BCUT2D eigenvalue weighted by molar-refractivity contribution is -0.159. The molecule has 1 saturated heterocycles. The van der Waals surface area contributed by atoms with Crippen molar-refractivity contribution in [2.24, 2.45) is 0 Å². The van der Waals surface area contributed by atoms with E-state index in [0.29, 0.717) is 0 Å². The number of carbonyl (C=O) groups is 3. The molecule has 3 N–H and O–H groups in total. The molecule has 1 fully saturated rings. The maximum absolute atomic E-state index is 13.2. The maximum atomic E-state index is 13.2. The standard InChI is InChI=1S/C23H32FN3O.C2H2O4/c1-16-20(22(28)25-19-11-12-26(5)15-19)14-21(23(2,3)4)27(16)13-10-17-6-8-18(24)9-7-17;3-1(4)2(5)6/h6-9,14,19H,10-13,15H2,1-5H3,(H,25,28);(H,3,4)(H,5,6)/t19-;/m1./s1. The number of likely N-dealkylation sites (N-methyl/N-ethyl adjacent to an activating group) is 1. The van der Waals surface area contributed by atoms with Crippen LogP contribution in [0.2, 0.25) is 0 Å². The average molecular weight is 476 g/mol. The van der Waals surface area contributed by atoms with Crippen LogP contribution in [-0.4, -0.2) is 63.7 Å². The van der Waals surface area contributed by atoms with Gasteiger partial charge in [0.25, 0.3) is 5.91 Å². The molecule has 0 spiro atoms. The summed E-state index contributed by atoms with van der Waals surface area (Å²) in [6.07, 6.45) is 1.80. The molecule has 0 bridgehead atoms. The Hall–Kier alpha value is -3.20. The van der Waals surface area contributed by atoms with Gasteiger partial charge in [0.05, 0.1) is 5.56 Å². The van der Waals surface area contributed by atoms with Crippen molar-refractivity contribution in [2.45, 2.75) is 58.5 Å². The Morgan fingerprint density at radius 2 is 1.71 bits per heavy atom. The van der Waals surface area contributed by atoms with Gasteiger partial charge >= 0.3 is 11.9 Å². The highest BCUT2D eigenvalue weighted by atomic mass is 19.1. The largest absolute Gasteiger partial charge is 0.473 e. The number of nitrogens with one attached hydrogen (secondary N) is 1. The molecule has 0 unspecified atom stereocenters. The van der Waals surface area contributed by atoms with Gasteiger partial charge in [-0.3, -0.25) is 4.79 Å². The van der Waals surface area contributed by atoms with Gasteiger partial charge in [-0.1, -0.05) is 32.9 Å². The monoisotopic (exact) mass is 475 g/mol. The minimum Gasteiger partial charge on any atom is -0.473 e. The Morgan fingerprint density at radius 1 is 1.12 bits per heavy atom. The second-order valence-electron chi connectivity index (χ2n) is 9.64. The highest BCUT2D eigenvalue weighted by Gasteiger charge is 2.27. The Bertz CT molecular complexity index is 1010. The second-order valence-corrected chi connectivity index (χ2v) is 9.64. The molecule has 34 heavy (non-hydrogen) atoms. The minimum absolute atomic E-state index is 0.0174. The number of nitrogens with zero attached hydrogens (tertiary/aromatic N) is 2. The summed E-state index contributed by atoms with van der Waals surface area (Å²) in [4.78, 5) is 33.4. The smallest absolute Gasteiger partial charge is 0.414 e. The molecule has 1 atom stereocenters. The molecule has 0 saturated carbocycles. The molecule has 9 heteroatoms. The van der Waals surface area contributed by atoms with Crippen molar-refractivity contribution >= 4 is 17.8 Å². The third-order valence-corrected chi connectivity index (χ3v) is 5.83. The van der Waals surface area contributed by atoms with Crippen LogP contribution in [0, 0.1) is 12.7 Å². The second kappa shape index (κ2) is 11.3. The van der Waals surface area contributed by atoms with Gasteiger partial charge in [-0.25, -0.2) is 14.0 Å². The van der Waals surface area contributed by atoms with Crippen LogP contribution >= 0.6 is 0 Å². The molecule has 1 aromatic carbocycles. The highest BCUT2D eigenvalue weighted by Crippen LogP contribution is 2.28. The number of benzene rings is 1. The molecule has 8 nitrogen and oxygen atoms in total. The van der Waals surface area contributed by atoms with E-state index >= 15 is 0 Å². The van der Waals surface area contributed by atoms with E-state index in [1.165, 1.54) is 12.1 Å². The Kier molecular flexibility index (Phi) is 8.98. The third-order valence-electron chi connectivity index (χ3n) is 5.83. The normalized spacial score (nSPS) is 16.0. The summed E-state index contributed by atoms with van der Waals surface area (Å²) in [5.41, 5.74) is 3.93. The van der Waals surface area contributed by atoms with Gasteiger partial charge in [-0.15, -0.1) is 0 Å². The lowest BCUT2D eigenvalue weighted by Crippen LogP contribution is -2.36. The predicted octanol–water partition coefficient (Wildman–Crippen LogP) is 3.07. The van der Waals surface area contributed by atoms with Crippen LogP contribution in [0.25, 0.3) is 0 Å². The van der Waals surface area contributed by atoms with Gasteiger partial charge in [0.15, 0.2) is 0 Å². The fraction of sp³-hybridized carbons (Fsp3) is 0.480. The molecule has 1 aliphatic rings. The van der Waals surface area contributed by atoms with Crippen LogP contribution in [-0.2, 0) is 28.0 Å². The van der Waals surface area contributed by atoms with Crippen molar-refractivity contribution in [1.29, 1.82) is 0 Å². The number of hydrogen-bond donors (Lipinski definition) is 3. The number of aromatic nitrogens is 1. The SMILES string of the molecule is Cc1c(C(=O)N[C@@H]2CCN(C)C2)cc(C(C)(C)C)n1CCc1ccc(F)cc1.O=C(O)C(=O)O. The summed E-state index contributed by atoms with van der Waals surface area (Å²) in [6, 6.07) is 8.93. The van der Waals surface area contributed by atoms with Crippen molar-refractivity contribution in [3.8, 4) is 0 Å². The van der Waals surface area contributed by atoms with Crippen molar-refractivity contribution < 1.29 is 29.0 Å². The van der Waals surface area contributed by atoms with Crippen LogP contribution in [0.4, 0.5) is 4.39 Å². The third kappa shape index (κ3) is 7.41. The molecule has 1 aliphatic heterocycles. The molecule has 0 aliphatic carbocycles. The first-order valence-electron chi connectivity index (χ1n) is 11.2. The van der Waals surface area contributed by atoms with E-state index in [0.717, 1.165) is 55.0 Å². The number of likely N-dealkylation sites (tertiary alicyclic amines) is 1. The van der Waals surface area contributed by atoms with E-state index in [2.05, 4.69) is 42.6 Å². The quantitative estimate of drug-likeness (QED) is 0.573. The van der Waals surface area contributed by atoms with Gasteiger partial charge in [0.1, 0.15) is 5.82 Å². The molecule has 2 heterocycles. The van der Waals surface area contributed by atoms with E-state index in [9.17, 15) is 9.18 Å². The lowest BCUT2D eigenvalue weighted by Gasteiger charge is -2.22. The number of aryl methyl sites for hydroxylation is 1. The number of amides is 1. The van der Waals surface area contributed by atoms with E-state index in [4.69, 9.17) is 19.8 Å². The Balaban J connectivity index is 0.000000604. The first-order chi connectivity index (χ1) is 15.8. The Morgan fingerprint density at radius 3 is 2.18 bits per heavy atom. The van der Waals surface area contributed by atoms with Crippen LogP contribution in [0.1, 0.15) is 54.5 Å². The number of carboxylic acids is 2. The van der Waals surface area contributed by atoms with Crippen molar-refractivity contribution in [3.05, 3.63) is 58.7 Å². The summed E-state index contributed by atoms with van der Waals surface area (Å²) >= 11 is 0. The van der Waals surface area contributed by atoms with Crippen molar-refractivity contribution in [3.63, 3.8) is 0 Å². The predicted molar refractivity (Wildman–Crippen MR) is 127 cm³/mol. The average Bonchev–Trinajstić information content (AvgIpc) is 3.30. The summed E-state index contributed by atoms with van der Waals surface area (Å²) in [5.74, 6) is -3.85. The first kappa shape index (κ1) is 27.0. The number of halogens is 1. The molecule has 186 valence electrons. The van der Waals surface area contributed by atoms with Crippen LogP contribution in [0.15, 0.2) is 30.3 Å². The van der Waals surface area contributed by atoms with Gasteiger partial charge in [-0.2, -0.15) is 0 Å². The Labute approximate surface area is 199 Å². The summed E-state index contributed by atoms with van der Waals surface area (Å²) in [7, 11) is 2.08. The molecule has 0 radical (unpaired) electrons. The molecule has 1 aromatic heterocycles. The summed E-state index contributed by atoms with van der Waals surface area (Å²) in [5, 5.41) is 18.0. The minimum atomic E-state index is -1.82. The maximum Gasteiger partial charge on any atom is 0.414 e. The van der Waals surface area contributed by atoms with Crippen LogP contribution < -0.4 is 5.32 Å². The molecule has 1 amide bonds. The number of aliphatic carboxylic acids is 2. The van der Waals surface area contributed by atoms with Crippen molar-refractivity contribution in [1.82, 2.24) is 14.8 Å². The van der Waals surface area contributed by atoms with Gasteiger partial charge in [0, 0.05) is 35.9 Å². The topological polar surface area (TPSA) is 112 Å². The number of rotatable bonds is 5. The van der Waals surface area contributed by atoms with Crippen LogP contribution in [0.3, 0.4) is 0 Å². The summed E-state index contributed by atoms with van der Waals surface area (Å²) in [6.45, 7) is 11.2. The number of carboxylic acid groups (broad SMARTS) is 2. The number of hydrogen-bond acceptors (Lipinski definition) is 4. The number of carbonyl (C=O) groups excluding carboxylic acids is 1. The fourth-order valence-electron chi connectivity index (χ4n) is 3.99. The first-order valence-corrected chi connectivity index (χ1v) is 11.2. The van der Waals surface area contributed by atoms with Crippen LogP contribution in [0.5, 0.6) is 0 Å². The van der Waals surface area contributed by atoms with Gasteiger partial charge in [-0.05, 0) is 57.1 Å². The zero-order chi connectivity index (χ0) is 25.6. The molecule has 3 rings (SSSR count). The van der Waals surface area contributed by atoms with E-state index in [1.807, 2.05) is 25.1 Å². The van der Waals surface area contributed by atoms with Crippen molar-refractivity contribution in [2.75, 3.05) is 20.1 Å². The van der Waals surface area contributed by atoms with Gasteiger partial charge in [0.2, 0.25) is 0 Å². The zero-order valence-corrected chi connectivity index (χ0v) is 20.4. The lowest BCUT2D eigenvalue weighted by atomic mass is 9.91. The summed E-state index contributed by atoms with van der Waals surface area (Å²) < 4.78 is 15.4.